The van der Waals surface area contributed by atoms with Crippen LogP contribution in [-0.4, -0.2) is 20.9 Å². The first kappa shape index (κ1) is 13.6. The first-order chi connectivity index (χ1) is 8.90. The molecule has 0 radical (unpaired) electrons. The van der Waals surface area contributed by atoms with E-state index in [2.05, 4.69) is 5.10 Å². The molecule has 1 aromatic heterocycles. The minimum absolute atomic E-state index is 0.00625. The Morgan fingerprint density at radius 1 is 1.37 bits per heavy atom. The summed E-state index contributed by atoms with van der Waals surface area (Å²) in [4.78, 5) is 11.2. The van der Waals surface area contributed by atoms with Gasteiger partial charge in [-0.25, -0.2) is 4.79 Å². The third-order valence-corrected chi connectivity index (χ3v) is 3.32. The first-order valence-corrected chi connectivity index (χ1v) is 6.37. The van der Waals surface area contributed by atoms with E-state index in [9.17, 15) is 9.90 Å². The van der Waals surface area contributed by atoms with E-state index < -0.39 is 5.97 Å². The molecule has 0 spiro atoms. The van der Waals surface area contributed by atoms with Gasteiger partial charge in [0, 0.05) is 16.6 Å². The molecule has 2 rings (SSSR count). The second-order valence-electron chi connectivity index (χ2n) is 4.72. The summed E-state index contributed by atoms with van der Waals surface area (Å²) in [5, 5.41) is 14.2. The highest BCUT2D eigenvalue weighted by molar-refractivity contribution is 6.31. The Hall–Kier alpha value is -1.81. The van der Waals surface area contributed by atoms with Crippen LogP contribution in [0.15, 0.2) is 24.3 Å². The second kappa shape index (κ2) is 5.05. The Kier molecular flexibility index (Phi) is 3.62. The van der Waals surface area contributed by atoms with Gasteiger partial charge >= 0.3 is 5.97 Å². The van der Waals surface area contributed by atoms with Gasteiger partial charge in [0.2, 0.25) is 0 Å². The average Bonchev–Trinajstić information content (AvgIpc) is 2.78. The summed E-state index contributed by atoms with van der Waals surface area (Å²) in [5.74, 6) is -0.974. The maximum absolute atomic E-state index is 11.2. The molecule has 0 aliphatic heterocycles. The number of carboxylic acids is 1. The van der Waals surface area contributed by atoms with E-state index in [4.69, 9.17) is 11.6 Å². The lowest BCUT2D eigenvalue weighted by molar-refractivity contribution is 0.0681. The van der Waals surface area contributed by atoms with Gasteiger partial charge in [-0.3, -0.25) is 4.68 Å². The zero-order valence-electron chi connectivity index (χ0n) is 11.0. The molecule has 0 fully saturated rings. The van der Waals surface area contributed by atoms with E-state index in [1.54, 1.807) is 12.1 Å². The number of nitrogens with zero attached hydrogens (tertiary/aromatic N) is 2. The van der Waals surface area contributed by atoms with Gasteiger partial charge in [0.1, 0.15) is 5.69 Å². The van der Waals surface area contributed by atoms with Crippen LogP contribution in [0, 0.1) is 6.92 Å². The SMILES string of the molecule is Cc1cc(-c2cc(C(=O)O)n(C(C)C)n2)ccc1Cl. The Morgan fingerprint density at radius 2 is 2.05 bits per heavy atom. The number of rotatable bonds is 3. The number of aromatic nitrogens is 2. The average molecular weight is 279 g/mol. The highest BCUT2D eigenvalue weighted by atomic mass is 35.5. The molecule has 1 N–H and O–H groups in total. The van der Waals surface area contributed by atoms with Crippen LogP contribution in [0.4, 0.5) is 0 Å². The maximum Gasteiger partial charge on any atom is 0.354 e. The van der Waals surface area contributed by atoms with Gasteiger partial charge in [0.25, 0.3) is 0 Å². The first-order valence-electron chi connectivity index (χ1n) is 5.99. The number of carboxylic acid groups (broad SMARTS) is 1. The smallest absolute Gasteiger partial charge is 0.354 e. The quantitative estimate of drug-likeness (QED) is 0.929. The van der Waals surface area contributed by atoms with E-state index in [0.717, 1.165) is 11.1 Å². The lowest BCUT2D eigenvalue weighted by Gasteiger charge is -2.07. The summed E-state index contributed by atoms with van der Waals surface area (Å²) in [5.41, 5.74) is 2.64. The summed E-state index contributed by atoms with van der Waals surface area (Å²) in [6.45, 7) is 5.70. The highest BCUT2D eigenvalue weighted by Crippen LogP contribution is 2.25. The number of aromatic carboxylic acids is 1. The molecule has 4 nitrogen and oxygen atoms in total. The molecule has 0 saturated carbocycles. The van der Waals surface area contributed by atoms with Gasteiger partial charge in [0.15, 0.2) is 0 Å². The molecule has 0 unspecified atom stereocenters. The number of halogens is 1. The number of hydrogen-bond acceptors (Lipinski definition) is 2. The van der Waals surface area contributed by atoms with Crippen molar-refractivity contribution in [2.75, 3.05) is 0 Å². The Bertz CT molecular complexity index is 632. The predicted octanol–water partition coefficient (Wildman–Crippen LogP) is 3.79. The molecule has 2 aromatic rings. The minimum atomic E-state index is -0.974. The fourth-order valence-electron chi connectivity index (χ4n) is 1.89. The van der Waals surface area contributed by atoms with Crippen LogP contribution in [0.25, 0.3) is 11.3 Å². The molecule has 0 aliphatic rings. The van der Waals surface area contributed by atoms with Crippen molar-refractivity contribution in [3.63, 3.8) is 0 Å². The summed E-state index contributed by atoms with van der Waals surface area (Å²) in [6, 6.07) is 7.12. The van der Waals surface area contributed by atoms with E-state index >= 15 is 0 Å². The summed E-state index contributed by atoms with van der Waals surface area (Å²) in [6.07, 6.45) is 0. The summed E-state index contributed by atoms with van der Waals surface area (Å²) < 4.78 is 1.52. The third kappa shape index (κ3) is 2.63. The van der Waals surface area contributed by atoms with Crippen molar-refractivity contribution in [3.05, 3.63) is 40.5 Å². The Labute approximate surface area is 116 Å². The van der Waals surface area contributed by atoms with Crippen LogP contribution in [0.5, 0.6) is 0 Å². The van der Waals surface area contributed by atoms with Crippen LogP contribution in [0.2, 0.25) is 5.02 Å². The fourth-order valence-corrected chi connectivity index (χ4v) is 2.01. The fraction of sp³-hybridized carbons (Fsp3) is 0.286. The monoisotopic (exact) mass is 278 g/mol. The third-order valence-electron chi connectivity index (χ3n) is 2.90. The molecule has 0 atom stereocenters. The van der Waals surface area contributed by atoms with Gasteiger partial charge in [-0.1, -0.05) is 17.7 Å². The van der Waals surface area contributed by atoms with Gasteiger partial charge in [0.05, 0.1) is 5.69 Å². The lowest BCUT2D eigenvalue weighted by Crippen LogP contribution is -2.11. The molecule has 19 heavy (non-hydrogen) atoms. The van der Waals surface area contributed by atoms with Gasteiger partial charge in [-0.15, -0.1) is 0 Å². The van der Waals surface area contributed by atoms with Crippen molar-refractivity contribution in [3.8, 4) is 11.3 Å². The van der Waals surface area contributed by atoms with Crippen LogP contribution < -0.4 is 0 Å². The zero-order valence-corrected chi connectivity index (χ0v) is 11.8. The number of aryl methyl sites for hydroxylation is 1. The Morgan fingerprint density at radius 3 is 2.53 bits per heavy atom. The summed E-state index contributed by atoms with van der Waals surface area (Å²) >= 11 is 5.99. The van der Waals surface area contributed by atoms with Crippen molar-refractivity contribution in [2.24, 2.45) is 0 Å². The molecule has 0 bridgehead atoms. The molecular formula is C14H15ClN2O2. The lowest BCUT2D eigenvalue weighted by atomic mass is 10.1. The highest BCUT2D eigenvalue weighted by Gasteiger charge is 2.17. The zero-order chi connectivity index (χ0) is 14.2. The molecule has 100 valence electrons. The van der Waals surface area contributed by atoms with E-state index in [0.29, 0.717) is 10.7 Å². The minimum Gasteiger partial charge on any atom is -0.477 e. The largest absolute Gasteiger partial charge is 0.477 e. The molecule has 1 aromatic carbocycles. The molecule has 0 saturated heterocycles. The topological polar surface area (TPSA) is 55.1 Å². The predicted molar refractivity (Wildman–Crippen MR) is 74.8 cm³/mol. The van der Waals surface area contributed by atoms with Crippen LogP contribution in [-0.2, 0) is 0 Å². The maximum atomic E-state index is 11.2. The summed E-state index contributed by atoms with van der Waals surface area (Å²) in [7, 11) is 0. The van der Waals surface area contributed by atoms with Gasteiger partial charge in [-0.05, 0) is 44.5 Å². The van der Waals surface area contributed by atoms with Crippen molar-refractivity contribution in [2.45, 2.75) is 26.8 Å². The van der Waals surface area contributed by atoms with Crippen LogP contribution in [0.3, 0.4) is 0 Å². The van der Waals surface area contributed by atoms with E-state index in [1.807, 2.05) is 32.9 Å². The van der Waals surface area contributed by atoms with Crippen LogP contribution >= 0.6 is 11.6 Å². The number of carbonyl (C=O) groups is 1. The van der Waals surface area contributed by atoms with Crippen LogP contribution in [0.1, 0.15) is 35.9 Å². The molecule has 0 amide bonds. The van der Waals surface area contributed by atoms with E-state index in [1.165, 1.54) is 4.68 Å². The van der Waals surface area contributed by atoms with Gasteiger partial charge < -0.3 is 5.11 Å². The molecular weight excluding hydrogens is 264 g/mol. The normalized spacial score (nSPS) is 11.0. The van der Waals surface area contributed by atoms with Crippen molar-refractivity contribution in [1.29, 1.82) is 0 Å². The van der Waals surface area contributed by atoms with Gasteiger partial charge in [-0.2, -0.15) is 5.10 Å². The van der Waals surface area contributed by atoms with Crippen molar-refractivity contribution < 1.29 is 9.90 Å². The molecule has 1 heterocycles. The van der Waals surface area contributed by atoms with Crippen molar-refractivity contribution >= 4 is 17.6 Å². The molecule has 0 aliphatic carbocycles. The van der Waals surface area contributed by atoms with Crippen molar-refractivity contribution in [1.82, 2.24) is 9.78 Å². The van der Waals surface area contributed by atoms with E-state index in [-0.39, 0.29) is 11.7 Å². The molecule has 5 heteroatoms. The standard InChI is InChI=1S/C14H15ClN2O2/c1-8(2)17-13(14(18)19)7-12(16-17)10-4-5-11(15)9(3)6-10/h4-8H,1-3H3,(H,18,19). The number of benzene rings is 1. The Balaban J connectivity index is 2.54. The second-order valence-corrected chi connectivity index (χ2v) is 5.13. The number of hydrogen-bond donors (Lipinski definition) is 1.